The van der Waals surface area contributed by atoms with E-state index in [1.165, 1.54) is 22.3 Å². The lowest BCUT2D eigenvalue weighted by Crippen LogP contribution is -2.37. The maximum atomic E-state index is 14.2. The van der Waals surface area contributed by atoms with Crippen molar-refractivity contribution in [3.05, 3.63) is 35.4 Å². The van der Waals surface area contributed by atoms with Gasteiger partial charge in [-0.25, -0.2) is 19.3 Å². The van der Waals surface area contributed by atoms with Crippen LogP contribution in [-0.2, 0) is 16.1 Å². The van der Waals surface area contributed by atoms with Gasteiger partial charge in [-0.2, -0.15) is 0 Å². The van der Waals surface area contributed by atoms with Gasteiger partial charge >= 0.3 is 0 Å². The molecule has 1 unspecified atom stereocenters. The summed E-state index contributed by atoms with van der Waals surface area (Å²) in [5, 5.41) is 3.89. The van der Waals surface area contributed by atoms with E-state index in [9.17, 15) is 14.0 Å². The molecule has 5 rings (SSSR count). The van der Waals surface area contributed by atoms with Crippen molar-refractivity contribution in [2.24, 2.45) is 11.3 Å². The van der Waals surface area contributed by atoms with Crippen molar-refractivity contribution in [1.29, 1.82) is 0 Å². The normalized spacial score (nSPS) is 22.5. The lowest BCUT2D eigenvalue weighted by atomic mass is 9.82. The average Bonchev–Trinajstić information content (AvgIpc) is 3.30. The molecule has 5 heterocycles. The van der Waals surface area contributed by atoms with Crippen molar-refractivity contribution in [1.82, 2.24) is 25.2 Å². The summed E-state index contributed by atoms with van der Waals surface area (Å²) in [5.74, 6) is -0.908. The number of halogens is 1. The summed E-state index contributed by atoms with van der Waals surface area (Å²) in [7, 11) is 0. The number of nitrogens with zero attached hydrogens (tertiary/aromatic N) is 4. The first-order valence-corrected chi connectivity index (χ1v) is 12.2. The number of fused-ring (bicyclic) bond motifs is 1. The Kier molecular flexibility index (Phi) is 5.81. The minimum Gasteiger partial charge on any atom is -0.473 e. The summed E-state index contributed by atoms with van der Waals surface area (Å²) >= 11 is 1.33. The molecule has 2 aliphatic rings. The Labute approximate surface area is 200 Å². The van der Waals surface area contributed by atoms with Gasteiger partial charge in [0, 0.05) is 29.8 Å². The van der Waals surface area contributed by atoms with Crippen LogP contribution in [0.2, 0.25) is 0 Å². The maximum Gasteiger partial charge on any atom is 0.236 e. The molecule has 0 bridgehead atoms. The zero-order chi connectivity index (χ0) is 24.0. The monoisotopic (exact) mass is 483 g/mol. The fourth-order valence-electron chi connectivity index (χ4n) is 4.41. The van der Waals surface area contributed by atoms with Crippen LogP contribution in [0.5, 0.6) is 5.88 Å². The van der Waals surface area contributed by atoms with Gasteiger partial charge in [0.2, 0.25) is 17.7 Å². The second-order valence-electron chi connectivity index (χ2n) is 9.38. The van der Waals surface area contributed by atoms with Crippen molar-refractivity contribution in [3.8, 4) is 17.0 Å². The van der Waals surface area contributed by atoms with Crippen molar-refractivity contribution >= 4 is 33.5 Å². The number of ether oxygens (including phenoxy) is 1. The molecule has 178 valence electrons. The van der Waals surface area contributed by atoms with Crippen molar-refractivity contribution in [3.63, 3.8) is 0 Å². The minimum absolute atomic E-state index is 0.0441. The Balaban J connectivity index is 1.50. The van der Waals surface area contributed by atoms with Crippen LogP contribution in [0.1, 0.15) is 38.6 Å². The van der Waals surface area contributed by atoms with E-state index in [0.29, 0.717) is 34.2 Å². The van der Waals surface area contributed by atoms with Crippen molar-refractivity contribution in [2.45, 2.75) is 46.3 Å². The molecule has 3 aromatic heterocycles. The second-order valence-corrected chi connectivity index (χ2v) is 10.5. The van der Waals surface area contributed by atoms with Crippen LogP contribution in [0.3, 0.4) is 0 Å². The third-order valence-corrected chi connectivity index (χ3v) is 7.85. The highest BCUT2D eigenvalue weighted by Gasteiger charge is 2.51. The van der Waals surface area contributed by atoms with Crippen LogP contribution in [0.15, 0.2) is 24.5 Å². The van der Waals surface area contributed by atoms with E-state index in [2.05, 4.69) is 20.3 Å². The molecule has 2 aliphatic heterocycles. The van der Waals surface area contributed by atoms with E-state index < -0.39 is 17.2 Å². The lowest BCUT2D eigenvalue weighted by Gasteiger charge is -2.24. The minimum atomic E-state index is -0.745. The molecule has 1 N–H and O–H groups in total. The summed E-state index contributed by atoms with van der Waals surface area (Å²) < 4.78 is 21.1. The third-order valence-electron chi connectivity index (χ3n) is 6.78. The number of amides is 2. The highest BCUT2D eigenvalue weighted by molar-refractivity contribution is 7.19. The van der Waals surface area contributed by atoms with Crippen LogP contribution >= 0.6 is 11.3 Å². The lowest BCUT2D eigenvalue weighted by molar-refractivity contribution is -0.141. The number of carbonyl (C=O) groups is 2. The Morgan fingerprint density at radius 3 is 2.82 bits per heavy atom. The third kappa shape index (κ3) is 3.94. The van der Waals surface area contributed by atoms with E-state index in [4.69, 9.17) is 4.74 Å². The SMILES string of the molecule is CC1C(=O)N(Cc2nc3nccc(-c4cc(F)cnc4O[C@H]4CCCNC4)c3s2)C(=O)C1(C)C. The molecule has 2 atom stereocenters. The number of aromatic nitrogens is 3. The van der Waals surface area contributed by atoms with Gasteiger partial charge in [0.1, 0.15) is 16.9 Å². The van der Waals surface area contributed by atoms with Crippen LogP contribution in [0, 0.1) is 17.2 Å². The summed E-state index contributed by atoms with van der Waals surface area (Å²) in [6.45, 7) is 7.10. The van der Waals surface area contributed by atoms with Crippen molar-refractivity contribution < 1.29 is 18.7 Å². The Bertz CT molecular complexity index is 1270. The number of thiazole rings is 1. The van der Waals surface area contributed by atoms with Crippen LogP contribution in [0.25, 0.3) is 21.5 Å². The molecule has 0 aliphatic carbocycles. The van der Waals surface area contributed by atoms with Gasteiger partial charge in [-0.1, -0.05) is 20.8 Å². The van der Waals surface area contributed by atoms with Crippen molar-refractivity contribution in [2.75, 3.05) is 13.1 Å². The number of hydrogen-bond donors (Lipinski definition) is 1. The average molecular weight is 484 g/mol. The van der Waals surface area contributed by atoms with Gasteiger partial charge in [0.25, 0.3) is 0 Å². The molecule has 34 heavy (non-hydrogen) atoms. The number of pyridine rings is 2. The maximum absolute atomic E-state index is 14.2. The van der Waals surface area contributed by atoms with E-state index >= 15 is 0 Å². The largest absolute Gasteiger partial charge is 0.473 e. The van der Waals surface area contributed by atoms with E-state index in [1.807, 2.05) is 0 Å². The fourth-order valence-corrected chi connectivity index (χ4v) is 5.45. The van der Waals surface area contributed by atoms with Gasteiger partial charge < -0.3 is 10.1 Å². The molecule has 0 aromatic carbocycles. The number of hydrogen-bond acceptors (Lipinski definition) is 8. The molecule has 8 nitrogen and oxygen atoms in total. The van der Waals surface area contributed by atoms with Gasteiger partial charge in [0.15, 0.2) is 5.65 Å². The highest BCUT2D eigenvalue weighted by Crippen LogP contribution is 2.40. The van der Waals surface area contributed by atoms with Crippen LogP contribution < -0.4 is 10.1 Å². The Morgan fingerprint density at radius 2 is 2.12 bits per heavy atom. The number of rotatable bonds is 5. The molecule has 0 saturated carbocycles. The summed E-state index contributed by atoms with van der Waals surface area (Å²) in [5.41, 5.74) is 0.951. The standard InChI is InChI=1S/C24H26FN5O3S/c1-13-22(31)30(23(32)24(13,2)3)12-18-29-20-19(34-18)16(6-8-27-20)17-9-14(25)10-28-21(17)33-15-5-4-7-26-11-15/h6,8-10,13,15,26H,4-5,7,11-12H2,1-3H3/t13?,15-/m0/s1. The summed E-state index contributed by atoms with van der Waals surface area (Å²) in [4.78, 5) is 40.0. The molecular formula is C24H26FN5O3S. The molecule has 2 saturated heterocycles. The summed E-state index contributed by atoms with van der Waals surface area (Å²) in [6, 6.07) is 3.19. The molecular weight excluding hydrogens is 457 g/mol. The first-order chi connectivity index (χ1) is 16.3. The van der Waals surface area contributed by atoms with Crippen LogP contribution in [0.4, 0.5) is 4.39 Å². The quantitative estimate of drug-likeness (QED) is 0.554. The molecule has 0 spiro atoms. The predicted molar refractivity (Wildman–Crippen MR) is 126 cm³/mol. The number of carbonyl (C=O) groups excluding carboxylic acids is 2. The number of imide groups is 1. The molecule has 0 radical (unpaired) electrons. The van der Waals surface area contributed by atoms with E-state index in [1.54, 1.807) is 33.0 Å². The van der Waals surface area contributed by atoms with Gasteiger partial charge in [-0.15, -0.1) is 11.3 Å². The van der Waals surface area contributed by atoms with E-state index in [-0.39, 0.29) is 24.5 Å². The molecule has 10 heteroatoms. The summed E-state index contributed by atoms with van der Waals surface area (Å²) in [6.07, 6.45) is 4.61. The second kappa shape index (κ2) is 8.66. The molecule has 2 fully saturated rings. The number of piperidine rings is 1. The highest BCUT2D eigenvalue weighted by atomic mass is 32.1. The Hall–Kier alpha value is -2.98. The number of likely N-dealkylation sites (tertiary alicyclic amines) is 1. The smallest absolute Gasteiger partial charge is 0.236 e. The van der Waals surface area contributed by atoms with E-state index in [0.717, 1.165) is 30.3 Å². The first kappa shape index (κ1) is 22.8. The Morgan fingerprint density at radius 1 is 1.29 bits per heavy atom. The number of nitrogens with one attached hydrogen (secondary N) is 1. The topological polar surface area (TPSA) is 97.3 Å². The first-order valence-electron chi connectivity index (χ1n) is 11.4. The molecule has 3 aromatic rings. The zero-order valence-electron chi connectivity index (χ0n) is 19.3. The van der Waals surface area contributed by atoms with Gasteiger partial charge in [-0.3, -0.25) is 14.5 Å². The molecule has 2 amide bonds. The van der Waals surface area contributed by atoms with Gasteiger partial charge in [-0.05, 0) is 31.5 Å². The fraction of sp³-hybridized carbons (Fsp3) is 0.458. The van der Waals surface area contributed by atoms with Gasteiger partial charge in [0.05, 0.1) is 22.9 Å². The predicted octanol–water partition coefficient (Wildman–Crippen LogP) is 3.55. The zero-order valence-corrected chi connectivity index (χ0v) is 20.1. The van der Waals surface area contributed by atoms with Crippen LogP contribution in [-0.4, -0.2) is 50.9 Å².